The summed E-state index contributed by atoms with van der Waals surface area (Å²) in [5.74, 6) is 0. The van der Waals surface area contributed by atoms with Crippen LogP contribution in [0.2, 0.25) is 0 Å². The van der Waals surface area contributed by atoms with E-state index in [2.05, 4.69) is 240 Å². The van der Waals surface area contributed by atoms with Crippen LogP contribution in [0.5, 0.6) is 0 Å². The molecule has 2 aromatic heterocycles. The van der Waals surface area contributed by atoms with Crippen molar-refractivity contribution in [2.24, 2.45) is 0 Å². The molecule has 2 nitrogen and oxygen atoms in total. The molecule has 11 rings (SSSR count). The molecule has 0 atom stereocenters. The van der Waals surface area contributed by atoms with E-state index in [1.54, 1.807) is 0 Å². The van der Waals surface area contributed by atoms with Crippen molar-refractivity contribution in [1.82, 2.24) is 9.13 Å². The molecule has 0 unspecified atom stereocenters. The van der Waals surface area contributed by atoms with Gasteiger partial charge in [0.2, 0.25) is 0 Å². The van der Waals surface area contributed by atoms with Gasteiger partial charge in [0.05, 0.1) is 22.1 Å². The first kappa shape index (κ1) is 33.2. The maximum Gasteiger partial charge on any atom is 0.179 e. The van der Waals surface area contributed by atoms with E-state index in [1.165, 1.54) is 81.2 Å². The number of hydrogen-bond donors (Lipinski definition) is 0. The van der Waals surface area contributed by atoms with Crippen molar-refractivity contribution in [2.45, 2.75) is 0 Å². The maximum absolute atomic E-state index is 2.63. The monoisotopic (exact) mass is 742 g/mol. The molecule has 0 aliphatic carbocycles. The standard InChI is InChI=1S/C54H38N2Si/c1-5-18-40(19-6-1)56-51-30-16-14-27-48(51)54-46(28-17-31-53(54)56)39-32-37-52-49(38-39)47-26-13-15-29-50(47)55(52)41-33-35-45(36-34-41)57(42-20-7-2-8-21-42,43-22-9-3-10-23-43)44-24-11-4-12-25-44/h1-38H. The highest BCUT2D eigenvalue weighted by molar-refractivity contribution is 7.19. The number of hydrogen-bond acceptors (Lipinski definition) is 0. The summed E-state index contributed by atoms with van der Waals surface area (Å²) in [6.45, 7) is 0. The van der Waals surface area contributed by atoms with Gasteiger partial charge in [-0.1, -0.05) is 176 Å². The summed E-state index contributed by atoms with van der Waals surface area (Å²) in [6.07, 6.45) is 0. The number of nitrogens with zero attached hydrogens (tertiary/aromatic N) is 2. The zero-order valence-corrected chi connectivity index (χ0v) is 32.3. The highest BCUT2D eigenvalue weighted by Gasteiger charge is 2.41. The molecular formula is C54H38N2Si. The van der Waals surface area contributed by atoms with Gasteiger partial charge in [0.25, 0.3) is 0 Å². The van der Waals surface area contributed by atoms with Crippen LogP contribution >= 0.6 is 0 Å². The first-order chi connectivity index (χ1) is 28.3. The van der Waals surface area contributed by atoms with Gasteiger partial charge in [-0.2, -0.15) is 0 Å². The zero-order chi connectivity index (χ0) is 37.8. The van der Waals surface area contributed by atoms with Crippen molar-refractivity contribution in [2.75, 3.05) is 0 Å². The molecule has 0 spiro atoms. The highest BCUT2D eigenvalue weighted by atomic mass is 28.3. The van der Waals surface area contributed by atoms with E-state index in [0.717, 1.165) is 5.69 Å². The molecule has 0 aliphatic heterocycles. The molecule has 3 heteroatoms. The molecule has 2 heterocycles. The fourth-order valence-electron chi connectivity index (χ4n) is 9.46. The van der Waals surface area contributed by atoms with E-state index >= 15 is 0 Å². The van der Waals surface area contributed by atoms with E-state index in [4.69, 9.17) is 0 Å². The Labute approximate surface area is 333 Å². The molecule has 0 saturated carbocycles. The number of rotatable bonds is 7. The molecule has 0 N–H and O–H groups in total. The number of para-hydroxylation sites is 3. The molecule has 0 aliphatic rings. The maximum atomic E-state index is 2.44. The molecular weight excluding hydrogens is 705 g/mol. The summed E-state index contributed by atoms with van der Waals surface area (Å²) in [5, 5.41) is 10.5. The van der Waals surface area contributed by atoms with Gasteiger partial charge in [0.1, 0.15) is 0 Å². The van der Waals surface area contributed by atoms with Gasteiger partial charge in [-0.25, -0.2) is 0 Å². The van der Waals surface area contributed by atoms with Gasteiger partial charge in [0, 0.05) is 32.9 Å². The lowest BCUT2D eigenvalue weighted by Crippen LogP contribution is -2.74. The van der Waals surface area contributed by atoms with Crippen LogP contribution < -0.4 is 20.7 Å². The average molecular weight is 743 g/mol. The Balaban J connectivity index is 1.09. The quantitative estimate of drug-likeness (QED) is 0.114. The summed E-state index contributed by atoms with van der Waals surface area (Å²) in [4.78, 5) is 0. The van der Waals surface area contributed by atoms with Crippen molar-refractivity contribution in [1.29, 1.82) is 0 Å². The zero-order valence-electron chi connectivity index (χ0n) is 31.3. The van der Waals surface area contributed by atoms with Crippen molar-refractivity contribution in [3.8, 4) is 22.5 Å². The minimum atomic E-state index is -2.63. The Morgan fingerprint density at radius 1 is 0.281 bits per heavy atom. The third-order valence-electron chi connectivity index (χ3n) is 11.9. The second-order valence-corrected chi connectivity index (χ2v) is 18.7. The van der Waals surface area contributed by atoms with Gasteiger partial charge >= 0.3 is 0 Å². The van der Waals surface area contributed by atoms with E-state index in [1.807, 2.05) is 0 Å². The van der Waals surface area contributed by atoms with E-state index < -0.39 is 8.07 Å². The second kappa shape index (κ2) is 13.5. The average Bonchev–Trinajstić information content (AvgIpc) is 3.81. The Bertz CT molecular complexity index is 3100. The summed E-state index contributed by atoms with van der Waals surface area (Å²) in [7, 11) is -2.63. The fourth-order valence-corrected chi connectivity index (χ4v) is 14.2. The predicted octanol–water partition coefficient (Wildman–Crippen LogP) is 10.9. The molecule has 268 valence electrons. The van der Waals surface area contributed by atoms with Gasteiger partial charge in [0.15, 0.2) is 8.07 Å². The molecule has 0 bridgehead atoms. The largest absolute Gasteiger partial charge is 0.309 e. The van der Waals surface area contributed by atoms with Gasteiger partial charge in [-0.15, -0.1) is 0 Å². The van der Waals surface area contributed by atoms with Crippen LogP contribution in [0.1, 0.15) is 0 Å². The molecule has 0 fully saturated rings. The topological polar surface area (TPSA) is 9.86 Å². The molecule has 0 radical (unpaired) electrons. The lowest BCUT2D eigenvalue weighted by molar-refractivity contribution is 1.18. The van der Waals surface area contributed by atoms with Crippen LogP contribution in [0, 0.1) is 0 Å². The first-order valence-electron chi connectivity index (χ1n) is 19.7. The number of benzene rings is 9. The van der Waals surface area contributed by atoms with Crippen molar-refractivity contribution >= 4 is 72.4 Å². The fraction of sp³-hybridized carbons (Fsp3) is 0. The Morgan fingerprint density at radius 2 is 0.719 bits per heavy atom. The third kappa shape index (κ3) is 5.17. The van der Waals surface area contributed by atoms with Crippen LogP contribution in [-0.2, 0) is 0 Å². The molecule has 0 saturated heterocycles. The lowest BCUT2D eigenvalue weighted by Gasteiger charge is -2.34. The van der Waals surface area contributed by atoms with Crippen LogP contribution in [0.15, 0.2) is 231 Å². The van der Waals surface area contributed by atoms with Crippen molar-refractivity contribution in [3.05, 3.63) is 231 Å². The molecule has 9 aromatic carbocycles. The highest BCUT2D eigenvalue weighted by Crippen LogP contribution is 2.41. The van der Waals surface area contributed by atoms with Crippen LogP contribution in [0.4, 0.5) is 0 Å². The van der Waals surface area contributed by atoms with Gasteiger partial charge in [-0.3, -0.25) is 0 Å². The van der Waals surface area contributed by atoms with Gasteiger partial charge < -0.3 is 9.13 Å². The summed E-state index contributed by atoms with van der Waals surface area (Å²) in [5.41, 5.74) is 9.61. The second-order valence-electron chi connectivity index (χ2n) is 14.9. The number of fused-ring (bicyclic) bond motifs is 6. The molecule has 0 amide bonds. The third-order valence-corrected chi connectivity index (χ3v) is 16.7. The van der Waals surface area contributed by atoms with E-state index in [9.17, 15) is 0 Å². The van der Waals surface area contributed by atoms with Gasteiger partial charge in [-0.05, 0) is 86.5 Å². The van der Waals surface area contributed by atoms with Crippen LogP contribution in [-0.4, -0.2) is 17.2 Å². The molecule has 11 aromatic rings. The lowest BCUT2D eigenvalue weighted by atomic mass is 9.98. The molecule has 57 heavy (non-hydrogen) atoms. The minimum absolute atomic E-state index is 1.16. The minimum Gasteiger partial charge on any atom is -0.309 e. The van der Waals surface area contributed by atoms with Crippen molar-refractivity contribution < 1.29 is 0 Å². The van der Waals surface area contributed by atoms with E-state index in [-0.39, 0.29) is 0 Å². The van der Waals surface area contributed by atoms with Crippen LogP contribution in [0.25, 0.3) is 66.1 Å². The summed E-state index contributed by atoms with van der Waals surface area (Å²) >= 11 is 0. The normalized spacial score (nSPS) is 11.9. The Hall–Kier alpha value is -7.20. The number of aromatic nitrogens is 2. The first-order valence-corrected chi connectivity index (χ1v) is 21.7. The Kier molecular flexibility index (Phi) is 7.87. The summed E-state index contributed by atoms with van der Waals surface area (Å²) < 4.78 is 4.84. The summed E-state index contributed by atoms with van der Waals surface area (Å²) in [6, 6.07) is 85.0. The van der Waals surface area contributed by atoms with E-state index in [0.29, 0.717) is 0 Å². The SMILES string of the molecule is c1ccc(-n2c3ccccc3c3c(-c4ccc5c(c4)c4ccccc4n5-c4ccc([Si](c5ccccc5)(c5ccccc5)c5ccccc5)cc4)cccc32)cc1. The van der Waals surface area contributed by atoms with Crippen molar-refractivity contribution in [3.63, 3.8) is 0 Å². The Morgan fingerprint density at radius 3 is 1.33 bits per heavy atom. The van der Waals surface area contributed by atoms with Crippen LogP contribution in [0.3, 0.4) is 0 Å². The predicted molar refractivity (Wildman–Crippen MR) is 244 cm³/mol. The smallest absolute Gasteiger partial charge is 0.179 e.